The molecule has 0 radical (unpaired) electrons. The normalized spacial score (nSPS) is 10.5. The fourth-order valence-corrected chi connectivity index (χ4v) is 2.04. The summed E-state index contributed by atoms with van der Waals surface area (Å²) in [4.78, 5) is 15.8. The van der Waals surface area contributed by atoms with Crippen molar-refractivity contribution >= 4 is 28.0 Å². The second-order valence-electron chi connectivity index (χ2n) is 4.15. The molecule has 1 aromatic heterocycles. The molecule has 0 unspecified atom stereocenters. The van der Waals surface area contributed by atoms with Gasteiger partial charge in [-0.1, -0.05) is 0 Å². The highest BCUT2D eigenvalue weighted by atomic mass is 79.9. The van der Waals surface area contributed by atoms with E-state index in [0.29, 0.717) is 21.9 Å². The van der Waals surface area contributed by atoms with E-state index >= 15 is 0 Å². The molecular formula is C16H14BrNO4. The number of benzene rings is 1. The molecule has 0 atom stereocenters. The van der Waals surface area contributed by atoms with Crippen LogP contribution in [-0.4, -0.2) is 25.2 Å². The first-order valence-corrected chi connectivity index (χ1v) is 7.15. The number of halogens is 1. The van der Waals surface area contributed by atoms with Gasteiger partial charge in [-0.05, 0) is 46.3 Å². The molecule has 6 heteroatoms. The van der Waals surface area contributed by atoms with E-state index in [4.69, 9.17) is 14.2 Å². The van der Waals surface area contributed by atoms with Crippen LogP contribution in [0, 0.1) is 0 Å². The fourth-order valence-electron chi connectivity index (χ4n) is 1.70. The molecule has 0 aliphatic heterocycles. The number of carbonyl (C=O) groups is 1. The van der Waals surface area contributed by atoms with Crippen LogP contribution in [0.1, 0.15) is 5.56 Å². The van der Waals surface area contributed by atoms with Gasteiger partial charge in [0.15, 0.2) is 5.75 Å². The zero-order chi connectivity index (χ0) is 15.9. The maximum absolute atomic E-state index is 11.8. The average molecular weight is 364 g/mol. The zero-order valence-corrected chi connectivity index (χ0v) is 13.7. The van der Waals surface area contributed by atoms with Crippen molar-refractivity contribution in [3.05, 3.63) is 52.8 Å². The molecule has 5 nitrogen and oxygen atoms in total. The standard InChI is InChI=1S/C16H14BrNO4/c1-20-12-7-5-11(14(10-12)21-2)6-8-15(19)22-13-4-3-9-18-16(13)17/h3-10H,1-2H3/b8-6+. The number of rotatable bonds is 5. The number of aromatic nitrogens is 1. The third-order valence-corrected chi connectivity index (χ3v) is 3.37. The Hall–Kier alpha value is -2.34. The summed E-state index contributed by atoms with van der Waals surface area (Å²) in [7, 11) is 3.13. The average Bonchev–Trinajstić information content (AvgIpc) is 2.55. The monoisotopic (exact) mass is 363 g/mol. The Kier molecular flexibility index (Phi) is 5.55. The Bertz CT molecular complexity index is 700. The minimum Gasteiger partial charge on any atom is -0.497 e. The Morgan fingerprint density at radius 2 is 2.00 bits per heavy atom. The molecule has 0 saturated heterocycles. The number of hydrogen-bond donors (Lipinski definition) is 0. The molecule has 0 aliphatic rings. The van der Waals surface area contributed by atoms with Crippen LogP contribution in [0.4, 0.5) is 0 Å². The van der Waals surface area contributed by atoms with Crippen molar-refractivity contribution in [2.24, 2.45) is 0 Å². The predicted octanol–water partition coefficient (Wildman–Crippen LogP) is 3.48. The third kappa shape index (κ3) is 4.08. The molecule has 2 aromatic rings. The smallest absolute Gasteiger partial charge is 0.336 e. The molecule has 1 heterocycles. The molecule has 0 fully saturated rings. The van der Waals surface area contributed by atoms with Crippen LogP contribution in [0.2, 0.25) is 0 Å². The first-order valence-electron chi connectivity index (χ1n) is 6.36. The van der Waals surface area contributed by atoms with Gasteiger partial charge in [0.1, 0.15) is 16.1 Å². The second kappa shape index (κ2) is 7.61. The van der Waals surface area contributed by atoms with Gasteiger partial charge in [0.05, 0.1) is 14.2 Å². The van der Waals surface area contributed by atoms with Gasteiger partial charge in [0.25, 0.3) is 0 Å². The van der Waals surface area contributed by atoms with E-state index in [1.165, 1.54) is 6.08 Å². The topological polar surface area (TPSA) is 57.7 Å². The van der Waals surface area contributed by atoms with E-state index in [0.717, 1.165) is 5.56 Å². The van der Waals surface area contributed by atoms with Crippen LogP contribution in [0.15, 0.2) is 47.2 Å². The summed E-state index contributed by atoms with van der Waals surface area (Å²) in [6.07, 6.45) is 4.54. The molecule has 0 spiro atoms. The summed E-state index contributed by atoms with van der Waals surface area (Å²) in [5.41, 5.74) is 0.741. The molecule has 22 heavy (non-hydrogen) atoms. The minimum atomic E-state index is -0.508. The molecule has 1 aromatic carbocycles. The number of pyridine rings is 1. The molecular weight excluding hydrogens is 350 g/mol. The lowest BCUT2D eigenvalue weighted by Crippen LogP contribution is -2.04. The lowest BCUT2D eigenvalue weighted by Gasteiger charge is -2.07. The number of esters is 1. The second-order valence-corrected chi connectivity index (χ2v) is 4.91. The van der Waals surface area contributed by atoms with Crippen molar-refractivity contribution < 1.29 is 19.0 Å². The summed E-state index contributed by atoms with van der Waals surface area (Å²) in [5.74, 6) is 1.13. The lowest BCUT2D eigenvalue weighted by atomic mass is 10.2. The lowest BCUT2D eigenvalue weighted by molar-refractivity contribution is -0.128. The SMILES string of the molecule is COc1ccc(/C=C/C(=O)Oc2cccnc2Br)c(OC)c1. The van der Waals surface area contributed by atoms with Crippen LogP contribution in [0.3, 0.4) is 0 Å². The van der Waals surface area contributed by atoms with Crippen molar-refractivity contribution in [2.75, 3.05) is 14.2 Å². The molecule has 0 amide bonds. The Morgan fingerprint density at radius 3 is 2.68 bits per heavy atom. The van der Waals surface area contributed by atoms with E-state index in [2.05, 4.69) is 20.9 Å². The van der Waals surface area contributed by atoms with Gasteiger partial charge < -0.3 is 14.2 Å². The van der Waals surface area contributed by atoms with Crippen molar-refractivity contribution in [3.8, 4) is 17.2 Å². The minimum absolute atomic E-state index is 0.360. The summed E-state index contributed by atoms with van der Waals surface area (Å²) < 4.78 is 16.0. The van der Waals surface area contributed by atoms with E-state index < -0.39 is 5.97 Å². The van der Waals surface area contributed by atoms with Crippen molar-refractivity contribution in [2.45, 2.75) is 0 Å². The highest BCUT2D eigenvalue weighted by Crippen LogP contribution is 2.26. The van der Waals surface area contributed by atoms with Gasteiger partial charge in [-0.15, -0.1) is 0 Å². The number of hydrogen-bond acceptors (Lipinski definition) is 5. The Morgan fingerprint density at radius 1 is 1.18 bits per heavy atom. The number of methoxy groups -OCH3 is 2. The van der Waals surface area contributed by atoms with E-state index in [1.54, 1.807) is 56.8 Å². The highest BCUT2D eigenvalue weighted by Gasteiger charge is 2.06. The van der Waals surface area contributed by atoms with Crippen LogP contribution >= 0.6 is 15.9 Å². The van der Waals surface area contributed by atoms with Gasteiger partial charge in [0.2, 0.25) is 0 Å². The fraction of sp³-hybridized carbons (Fsp3) is 0.125. The number of ether oxygens (including phenoxy) is 3. The molecule has 0 aliphatic carbocycles. The van der Waals surface area contributed by atoms with Gasteiger partial charge >= 0.3 is 5.97 Å². The van der Waals surface area contributed by atoms with Crippen LogP contribution in [-0.2, 0) is 4.79 Å². The van der Waals surface area contributed by atoms with Crippen molar-refractivity contribution in [3.63, 3.8) is 0 Å². The molecule has 2 rings (SSSR count). The van der Waals surface area contributed by atoms with Crippen LogP contribution in [0.5, 0.6) is 17.2 Å². The van der Waals surface area contributed by atoms with Gasteiger partial charge in [-0.3, -0.25) is 0 Å². The van der Waals surface area contributed by atoms with Gasteiger partial charge in [-0.2, -0.15) is 0 Å². The summed E-state index contributed by atoms with van der Waals surface area (Å²) >= 11 is 3.21. The first-order chi connectivity index (χ1) is 10.6. The quantitative estimate of drug-likeness (QED) is 0.462. The maximum Gasteiger partial charge on any atom is 0.336 e. The third-order valence-electron chi connectivity index (χ3n) is 2.78. The molecule has 114 valence electrons. The molecule has 0 bridgehead atoms. The number of carbonyl (C=O) groups excluding carboxylic acids is 1. The predicted molar refractivity (Wildman–Crippen MR) is 86.2 cm³/mol. The van der Waals surface area contributed by atoms with Crippen molar-refractivity contribution in [1.29, 1.82) is 0 Å². The zero-order valence-electron chi connectivity index (χ0n) is 12.1. The Labute approximate surface area is 136 Å². The van der Waals surface area contributed by atoms with E-state index in [-0.39, 0.29) is 0 Å². The molecule has 0 saturated carbocycles. The van der Waals surface area contributed by atoms with Crippen LogP contribution < -0.4 is 14.2 Å². The Balaban J connectivity index is 2.11. The summed E-state index contributed by atoms with van der Waals surface area (Å²) in [6.45, 7) is 0. The number of nitrogens with zero attached hydrogens (tertiary/aromatic N) is 1. The van der Waals surface area contributed by atoms with E-state index in [1.807, 2.05) is 0 Å². The van der Waals surface area contributed by atoms with Crippen LogP contribution in [0.25, 0.3) is 6.08 Å². The largest absolute Gasteiger partial charge is 0.497 e. The first kappa shape index (κ1) is 16.0. The summed E-state index contributed by atoms with van der Waals surface area (Å²) in [6, 6.07) is 8.65. The highest BCUT2D eigenvalue weighted by molar-refractivity contribution is 9.10. The summed E-state index contributed by atoms with van der Waals surface area (Å²) in [5, 5.41) is 0. The maximum atomic E-state index is 11.8. The van der Waals surface area contributed by atoms with E-state index in [9.17, 15) is 4.79 Å². The van der Waals surface area contributed by atoms with Gasteiger partial charge in [-0.25, -0.2) is 9.78 Å². The van der Waals surface area contributed by atoms with Gasteiger partial charge in [0, 0.05) is 23.9 Å². The van der Waals surface area contributed by atoms with Crippen molar-refractivity contribution in [1.82, 2.24) is 4.98 Å². The molecule has 0 N–H and O–H groups in total.